The van der Waals surface area contributed by atoms with Crippen LogP contribution in [-0.2, 0) is 20.0 Å². The normalized spacial score (nSPS) is 10.8. The van der Waals surface area contributed by atoms with Gasteiger partial charge in [0.25, 0.3) is 0 Å². The second kappa shape index (κ2) is 5.68. The molecule has 0 atom stereocenters. The maximum absolute atomic E-state index is 12.9. The molecular formula is C12H14F2N4. The molecule has 2 rings (SSSR count). The highest BCUT2D eigenvalue weighted by Gasteiger charge is 2.02. The van der Waals surface area contributed by atoms with Crippen LogP contribution in [0.4, 0.5) is 8.78 Å². The number of hydrogen-bond donors (Lipinski definition) is 1. The standard InChI is InChI=1S/C12H14F2N4/c1-18-12(8-16-17-18)7-15-3-2-9-4-10(13)6-11(14)5-9/h4-6,8,15H,2-3,7H2,1H3. The number of hydrogen-bond acceptors (Lipinski definition) is 3. The molecule has 96 valence electrons. The van der Waals surface area contributed by atoms with Gasteiger partial charge in [0.15, 0.2) is 0 Å². The third kappa shape index (κ3) is 3.33. The smallest absolute Gasteiger partial charge is 0.126 e. The Labute approximate surface area is 104 Å². The van der Waals surface area contributed by atoms with Crippen LogP contribution in [0.5, 0.6) is 0 Å². The Morgan fingerprint density at radius 1 is 1.22 bits per heavy atom. The first-order valence-electron chi connectivity index (χ1n) is 5.64. The van der Waals surface area contributed by atoms with Crippen molar-refractivity contribution in [1.29, 1.82) is 0 Å². The van der Waals surface area contributed by atoms with Gasteiger partial charge in [0.1, 0.15) is 11.6 Å². The molecule has 1 heterocycles. The molecule has 0 aliphatic heterocycles. The van der Waals surface area contributed by atoms with Crippen molar-refractivity contribution in [1.82, 2.24) is 20.3 Å². The lowest BCUT2D eigenvalue weighted by atomic mass is 10.1. The summed E-state index contributed by atoms with van der Waals surface area (Å²) in [5, 5.41) is 10.7. The number of aromatic nitrogens is 3. The molecule has 1 N–H and O–H groups in total. The van der Waals surface area contributed by atoms with E-state index in [0.29, 0.717) is 25.1 Å². The Morgan fingerprint density at radius 3 is 2.56 bits per heavy atom. The van der Waals surface area contributed by atoms with E-state index in [1.807, 2.05) is 7.05 Å². The fourth-order valence-electron chi connectivity index (χ4n) is 1.68. The third-order valence-corrected chi connectivity index (χ3v) is 2.63. The van der Waals surface area contributed by atoms with Crippen LogP contribution in [0.25, 0.3) is 0 Å². The van der Waals surface area contributed by atoms with E-state index in [4.69, 9.17) is 0 Å². The molecule has 0 radical (unpaired) electrons. The van der Waals surface area contributed by atoms with E-state index in [1.165, 1.54) is 12.1 Å². The van der Waals surface area contributed by atoms with E-state index in [0.717, 1.165) is 11.8 Å². The van der Waals surface area contributed by atoms with Crippen LogP contribution in [0.3, 0.4) is 0 Å². The zero-order valence-electron chi connectivity index (χ0n) is 10.0. The summed E-state index contributed by atoms with van der Waals surface area (Å²) >= 11 is 0. The second-order valence-electron chi connectivity index (χ2n) is 4.05. The summed E-state index contributed by atoms with van der Waals surface area (Å²) in [5.74, 6) is -1.08. The summed E-state index contributed by atoms with van der Waals surface area (Å²) in [6.45, 7) is 1.26. The monoisotopic (exact) mass is 252 g/mol. The molecule has 0 spiro atoms. The van der Waals surface area contributed by atoms with Gasteiger partial charge in [0, 0.05) is 19.7 Å². The van der Waals surface area contributed by atoms with Gasteiger partial charge in [0.2, 0.25) is 0 Å². The molecule has 6 heteroatoms. The van der Waals surface area contributed by atoms with Crippen molar-refractivity contribution in [3.8, 4) is 0 Å². The number of nitrogens with one attached hydrogen (secondary N) is 1. The summed E-state index contributed by atoms with van der Waals surface area (Å²) in [7, 11) is 1.81. The van der Waals surface area contributed by atoms with Crippen LogP contribution in [0.15, 0.2) is 24.4 Å². The Balaban J connectivity index is 1.80. The quantitative estimate of drug-likeness (QED) is 0.818. The summed E-state index contributed by atoms with van der Waals surface area (Å²) in [5.41, 5.74) is 1.60. The number of halogens is 2. The van der Waals surface area contributed by atoms with Gasteiger partial charge >= 0.3 is 0 Å². The van der Waals surface area contributed by atoms with E-state index >= 15 is 0 Å². The summed E-state index contributed by atoms with van der Waals surface area (Å²) < 4.78 is 27.5. The van der Waals surface area contributed by atoms with E-state index in [2.05, 4.69) is 15.6 Å². The predicted molar refractivity (Wildman–Crippen MR) is 62.8 cm³/mol. The minimum atomic E-state index is -0.541. The molecule has 2 aromatic rings. The van der Waals surface area contributed by atoms with Crippen molar-refractivity contribution in [2.75, 3.05) is 6.54 Å². The van der Waals surface area contributed by atoms with E-state index < -0.39 is 11.6 Å². The molecule has 0 aliphatic rings. The molecule has 0 bridgehead atoms. The Bertz CT molecular complexity index is 504. The van der Waals surface area contributed by atoms with Crippen molar-refractivity contribution < 1.29 is 8.78 Å². The van der Waals surface area contributed by atoms with Gasteiger partial charge in [-0.05, 0) is 30.7 Å². The third-order valence-electron chi connectivity index (χ3n) is 2.63. The van der Waals surface area contributed by atoms with Crippen molar-refractivity contribution in [2.24, 2.45) is 7.05 Å². The topological polar surface area (TPSA) is 42.7 Å². The Morgan fingerprint density at radius 2 is 1.94 bits per heavy atom. The van der Waals surface area contributed by atoms with Gasteiger partial charge in [-0.15, -0.1) is 5.10 Å². The zero-order valence-corrected chi connectivity index (χ0v) is 10.0. The van der Waals surface area contributed by atoms with Crippen molar-refractivity contribution >= 4 is 0 Å². The van der Waals surface area contributed by atoms with Crippen LogP contribution in [0.1, 0.15) is 11.3 Å². The average Bonchev–Trinajstić information content (AvgIpc) is 2.69. The largest absolute Gasteiger partial charge is 0.311 e. The molecule has 0 saturated heterocycles. The number of nitrogens with zero attached hydrogens (tertiary/aromatic N) is 3. The van der Waals surface area contributed by atoms with E-state index in [-0.39, 0.29) is 0 Å². The van der Waals surface area contributed by atoms with Gasteiger partial charge in [-0.1, -0.05) is 5.21 Å². The van der Waals surface area contributed by atoms with Gasteiger partial charge in [-0.3, -0.25) is 4.68 Å². The van der Waals surface area contributed by atoms with E-state index in [9.17, 15) is 8.78 Å². The van der Waals surface area contributed by atoms with Crippen LogP contribution < -0.4 is 5.32 Å². The number of rotatable bonds is 5. The lowest BCUT2D eigenvalue weighted by Crippen LogP contribution is -2.18. The first-order valence-corrected chi connectivity index (χ1v) is 5.64. The average molecular weight is 252 g/mol. The molecule has 0 fully saturated rings. The molecule has 18 heavy (non-hydrogen) atoms. The number of aryl methyl sites for hydroxylation is 1. The molecule has 0 amide bonds. The first-order chi connectivity index (χ1) is 8.65. The molecular weight excluding hydrogens is 238 g/mol. The van der Waals surface area contributed by atoms with Crippen molar-refractivity contribution in [3.05, 3.63) is 47.3 Å². The second-order valence-corrected chi connectivity index (χ2v) is 4.05. The van der Waals surface area contributed by atoms with Crippen LogP contribution >= 0.6 is 0 Å². The zero-order chi connectivity index (χ0) is 13.0. The van der Waals surface area contributed by atoms with Gasteiger partial charge in [-0.25, -0.2) is 8.78 Å². The van der Waals surface area contributed by atoms with Gasteiger partial charge in [-0.2, -0.15) is 0 Å². The molecule has 4 nitrogen and oxygen atoms in total. The summed E-state index contributed by atoms with van der Waals surface area (Å²) in [6.07, 6.45) is 2.24. The SMILES string of the molecule is Cn1nncc1CNCCc1cc(F)cc(F)c1. The first kappa shape index (κ1) is 12.6. The van der Waals surface area contributed by atoms with Crippen molar-refractivity contribution in [3.63, 3.8) is 0 Å². The molecule has 1 aromatic carbocycles. The minimum Gasteiger partial charge on any atom is -0.311 e. The Kier molecular flexibility index (Phi) is 3.99. The van der Waals surface area contributed by atoms with Gasteiger partial charge < -0.3 is 5.32 Å². The maximum atomic E-state index is 12.9. The summed E-state index contributed by atoms with van der Waals surface area (Å²) in [6, 6.07) is 3.56. The highest BCUT2D eigenvalue weighted by atomic mass is 19.1. The minimum absolute atomic E-state index is 0.541. The van der Waals surface area contributed by atoms with Gasteiger partial charge in [0.05, 0.1) is 11.9 Å². The van der Waals surface area contributed by atoms with E-state index in [1.54, 1.807) is 10.9 Å². The van der Waals surface area contributed by atoms with Crippen LogP contribution in [-0.4, -0.2) is 21.5 Å². The number of benzene rings is 1. The Hall–Kier alpha value is -1.82. The lowest BCUT2D eigenvalue weighted by molar-refractivity contribution is 0.576. The molecule has 0 saturated carbocycles. The fraction of sp³-hybridized carbons (Fsp3) is 0.333. The highest BCUT2D eigenvalue weighted by Crippen LogP contribution is 2.08. The molecule has 0 unspecified atom stereocenters. The molecule has 0 aliphatic carbocycles. The van der Waals surface area contributed by atoms with Crippen LogP contribution in [0, 0.1) is 11.6 Å². The van der Waals surface area contributed by atoms with Crippen LogP contribution in [0.2, 0.25) is 0 Å². The lowest BCUT2D eigenvalue weighted by Gasteiger charge is -2.05. The van der Waals surface area contributed by atoms with Crippen molar-refractivity contribution in [2.45, 2.75) is 13.0 Å². The predicted octanol–water partition coefficient (Wildman–Crippen LogP) is 1.43. The molecule has 1 aromatic heterocycles. The highest BCUT2D eigenvalue weighted by molar-refractivity contribution is 5.18. The summed E-state index contributed by atoms with van der Waals surface area (Å²) in [4.78, 5) is 0. The fourth-order valence-corrected chi connectivity index (χ4v) is 1.68. The maximum Gasteiger partial charge on any atom is 0.126 e.